The minimum absolute atomic E-state index is 0. The number of thiazole rings is 1. The van der Waals surface area contributed by atoms with Crippen LogP contribution in [0.3, 0.4) is 0 Å². The monoisotopic (exact) mass is 1720 g/mol. The van der Waals surface area contributed by atoms with Gasteiger partial charge in [0.1, 0.15) is 46.5 Å². The summed E-state index contributed by atoms with van der Waals surface area (Å²) in [6.45, 7) is 13.9. The van der Waals surface area contributed by atoms with E-state index in [-0.39, 0.29) is 49.0 Å². The Morgan fingerprint density at radius 3 is 1.26 bits per heavy atom. The van der Waals surface area contributed by atoms with Crippen LogP contribution < -0.4 is 19.6 Å². The van der Waals surface area contributed by atoms with Crippen molar-refractivity contribution in [2.45, 2.75) is 79.1 Å². The molecule has 0 N–H and O–H groups in total. The number of anilines is 4. The van der Waals surface area contributed by atoms with E-state index in [0.29, 0.717) is 83.9 Å². The Hall–Kier alpha value is -12.7. The Labute approximate surface area is 711 Å². The van der Waals surface area contributed by atoms with E-state index in [1.807, 2.05) is 60.8 Å². The summed E-state index contributed by atoms with van der Waals surface area (Å²) in [5.74, 6) is -9.18. The maximum absolute atomic E-state index is 14.2. The molecule has 21 nitrogen and oxygen atoms in total. The molecule has 0 amide bonds. The number of hydrogen-bond donors (Lipinski definition) is 0. The summed E-state index contributed by atoms with van der Waals surface area (Å²) in [5, 5.41) is 28.0. The molecule has 0 spiro atoms. The van der Waals surface area contributed by atoms with Gasteiger partial charge in [-0.2, -0.15) is 9.59 Å². The van der Waals surface area contributed by atoms with Gasteiger partial charge in [0.25, 0.3) is 11.9 Å². The Bertz CT molecular complexity index is 5910. The van der Waals surface area contributed by atoms with Crippen LogP contribution in [-0.2, 0) is 39.8 Å². The highest BCUT2D eigenvalue weighted by Crippen LogP contribution is 2.35. The summed E-state index contributed by atoms with van der Waals surface area (Å²) in [6, 6.07) is 33.2. The number of carbonyl (C=O) groups is 4. The van der Waals surface area contributed by atoms with Gasteiger partial charge in [-0.3, -0.25) is 34.1 Å². The van der Waals surface area contributed by atoms with Gasteiger partial charge in [0, 0.05) is 126 Å². The van der Waals surface area contributed by atoms with E-state index >= 15 is 0 Å². The highest BCUT2D eigenvalue weighted by molar-refractivity contribution is 7.13. The third kappa shape index (κ3) is 21.7. The lowest BCUT2D eigenvalue weighted by Crippen LogP contribution is -2.32. The number of halogens is 11. The minimum atomic E-state index is -1.18. The van der Waals surface area contributed by atoms with E-state index in [1.54, 1.807) is 60.9 Å². The molecule has 122 heavy (non-hydrogen) atoms. The molecule has 0 atom stereocenters. The Morgan fingerprint density at radius 1 is 0.418 bits per heavy atom. The summed E-state index contributed by atoms with van der Waals surface area (Å²) in [4.78, 5) is 81.4. The van der Waals surface area contributed by atoms with Crippen LogP contribution in [0.1, 0.15) is 140 Å². The molecule has 0 fully saturated rings. The van der Waals surface area contributed by atoms with Crippen molar-refractivity contribution in [3.63, 3.8) is 0 Å². The predicted molar refractivity (Wildman–Crippen MR) is 451 cm³/mol. The fraction of sp³-hybridized carbons (Fsp3) is 0.247. The van der Waals surface area contributed by atoms with Gasteiger partial charge in [-0.15, -0.1) is 33.9 Å². The second-order valence-electron chi connectivity index (χ2n) is 29.3. The number of aryl methyl sites for hydroxylation is 2. The Morgan fingerprint density at radius 2 is 0.836 bits per heavy atom. The van der Waals surface area contributed by atoms with Crippen molar-refractivity contribution in [1.82, 2.24) is 65.3 Å². The van der Waals surface area contributed by atoms with Gasteiger partial charge in [0.15, 0.2) is 39.9 Å². The van der Waals surface area contributed by atoms with Crippen LogP contribution in [0, 0.1) is 52.4 Å². The number of ketones is 4. The van der Waals surface area contributed by atoms with Gasteiger partial charge >= 0.3 is 0 Å². The lowest BCUT2D eigenvalue weighted by atomic mass is 9.93. The third-order valence-corrected chi connectivity index (χ3v) is 22.2. The first-order valence-electron chi connectivity index (χ1n) is 38.5. The third-order valence-electron chi connectivity index (χ3n) is 21.0. The number of carbonyl (C=O) groups excluding carboxylic acids is 4. The summed E-state index contributed by atoms with van der Waals surface area (Å²) in [7, 11) is 3.50. The van der Waals surface area contributed by atoms with E-state index < -0.39 is 86.4 Å². The van der Waals surface area contributed by atoms with Gasteiger partial charge in [0.05, 0.1) is 66.0 Å². The number of nitrogens with zero attached hydrogens (tertiary/aromatic N) is 17. The highest BCUT2D eigenvalue weighted by atomic mass is 35.5. The predicted octanol–water partition coefficient (Wildman–Crippen LogP) is 17.6. The fourth-order valence-electron chi connectivity index (χ4n) is 14.3. The summed E-state index contributed by atoms with van der Waals surface area (Å²) >= 11 is 7.69. The number of aromatic nitrogens is 13. The number of pyridine rings is 2. The molecule has 0 radical (unpaired) electrons. The second kappa shape index (κ2) is 40.1. The molecule has 12 aromatic rings. The summed E-state index contributed by atoms with van der Waals surface area (Å²) in [6.07, 6.45) is 11.9. The molecule has 16 rings (SSSR count). The van der Waals surface area contributed by atoms with E-state index in [0.717, 1.165) is 127 Å². The first-order valence-corrected chi connectivity index (χ1v) is 39.7. The zero-order valence-electron chi connectivity index (χ0n) is 66.9. The molecule has 0 saturated heterocycles. The van der Waals surface area contributed by atoms with Gasteiger partial charge < -0.3 is 19.6 Å². The van der Waals surface area contributed by atoms with Crippen LogP contribution in [0.4, 0.5) is 62.4 Å². The van der Waals surface area contributed by atoms with Crippen LogP contribution in [0.2, 0.25) is 5.02 Å². The maximum atomic E-state index is 14.2. The second-order valence-corrected chi connectivity index (χ2v) is 30.6. The normalized spacial score (nSPS) is 14.2. The number of tetrazole rings is 2. The van der Waals surface area contributed by atoms with Gasteiger partial charge in [0.2, 0.25) is 0 Å². The zero-order valence-corrected chi connectivity index (χ0v) is 69.3. The van der Waals surface area contributed by atoms with Gasteiger partial charge in [-0.25, -0.2) is 49.5 Å². The van der Waals surface area contributed by atoms with E-state index in [2.05, 4.69) is 103 Å². The molecular weight excluding hydrogens is 1650 g/mol. The fourth-order valence-corrected chi connectivity index (χ4v) is 15.2. The Balaban J connectivity index is 0.000000148. The molecule has 33 heteroatoms. The van der Waals surface area contributed by atoms with Crippen LogP contribution in [0.5, 0.6) is 0 Å². The van der Waals surface area contributed by atoms with Crippen molar-refractivity contribution in [3.05, 3.63) is 323 Å². The molecule has 4 aliphatic heterocycles. The highest BCUT2D eigenvalue weighted by Gasteiger charge is 2.29. The Kier molecular flexibility index (Phi) is 29.1. The standard InChI is InChI=1S/C23H18F4N4O.C23H19F3N2OS.C22H21F2N5O.C21H21ClN6O.ClH/c1-13-5-6-31(23-19(27)7-14(24)9-30-23)12-16(13)20-11-28-15(10-29-20)8-21(32)22-17(25)3-2-4-18(22)26;1-14-6-8-28(23-27-7-9-30-23)13-18(14)16-4-2-15(3-5-16)10-21(29)22-19(25)11-17(24)12-20(22)26;1-14-10-11-29(22-25-27-28(2)26-22)13-17(14)16-8-6-15(7-9-16)12-20(30)21-18(23)4-3-5-19(21)24;1-14-8-10-28(21-24-26-27(2)25-21)13-18(14)16-5-3-15(4-6-16)11-20(29)17-7-9-23-12-19(17)22;/h2-4,7,9-11H,5-6,8,12H2,1H3;2-5,7,9,11-12H,6,8,10,13H2,1H3;3-9H,10-13H2,1-2H3;3-7,9,12H,8,10-11,13H2,1-2H3;1H. The molecule has 10 heterocycles. The molecule has 0 unspecified atom stereocenters. The van der Waals surface area contributed by atoms with Crippen LogP contribution in [0.15, 0.2) is 198 Å². The SMILES string of the molecule is CC1=C(c2ccc(CC(=O)c3c(F)cc(F)cc3F)cc2)CN(c2nccs2)CC1.CC1=C(c2ccc(CC(=O)c3c(F)cccc3F)cc2)CN(c2nnn(C)n2)CC1.CC1=C(c2ccc(CC(=O)c3ccncc3Cl)cc2)CN(c2nnn(C)n2)CC1.CC1=C(c2cnc(CC(=O)c3c(F)cccc3F)cn2)CN(c2ncc(F)cc2F)CC1.Cl. The van der Waals surface area contributed by atoms with Gasteiger partial charge in [-0.05, 0) is 150 Å². The van der Waals surface area contributed by atoms with Crippen molar-refractivity contribution in [3.8, 4) is 0 Å². The topological polar surface area (TPSA) is 233 Å². The average molecular weight is 1730 g/mol. The van der Waals surface area contributed by atoms with E-state index in [9.17, 15) is 58.7 Å². The zero-order chi connectivity index (χ0) is 85.7. The van der Waals surface area contributed by atoms with Crippen LogP contribution in [-0.4, -0.2) is 141 Å². The number of benzene rings is 6. The van der Waals surface area contributed by atoms with Crippen molar-refractivity contribution >= 4 is 104 Å². The minimum Gasteiger partial charge on any atom is -0.349 e. The first-order chi connectivity index (χ1) is 58.2. The average Bonchev–Trinajstić information content (AvgIpc) is 1.25. The molecule has 0 aliphatic carbocycles. The lowest BCUT2D eigenvalue weighted by molar-refractivity contribution is 0.0975. The molecule has 628 valence electrons. The number of rotatable bonds is 20. The maximum Gasteiger partial charge on any atom is 0.266 e. The molecular formula is C89H80Cl2F9N17O4S. The van der Waals surface area contributed by atoms with Crippen LogP contribution in [0.25, 0.3) is 22.3 Å². The quantitative estimate of drug-likeness (QED) is 0.0509. The molecule has 0 bridgehead atoms. The van der Waals surface area contributed by atoms with Crippen molar-refractivity contribution in [2.75, 3.05) is 72.0 Å². The number of Topliss-reactive ketones (excluding diaryl/α,β-unsaturated/α-hetero) is 4. The smallest absolute Gasteiger partial charge is 0.266 e. The number of hydrogen-bond acceptors (Lipinski definition) is 20. The van der Waals surface area contributed by atoms with E-state index in [4.69, 9.17) is 11.6 Å². The van der Waals surface area contributed by atoms with Crippen molar-refractivity contribution < 1.29 is 58.7 Å². The van der Waals surface area contributed by atoms with Crippen LogP contribution >= 0.6 is 35.3 Å². The first kappa shape index (κ1) is 88.5. The summed E-state index contributed by atoms with van der Waals surface area (Å²) < 4.78 is 123. The lowest BCUT2D eigenvalue weighted by Gasteiger charge is -2.30. The molecule has 0 saturated carbocycles. The van der Waals surface area contributed by atoms with Crippen molar-refractivity contribution in [1.29, 1.82) is 0 Å². The molecule has 6 aromatic carbocycles. The largest absolute Gasteiger partial charge is 0.349 e. The van der Waals surface area contributed by atoms with E-state index in [1.165, 1.54) is 73.8 Å². The molecule has 4 aliphatic rings. The molecule has 6 aromatic heterocycles. The van der Waals surface area contributed by atoms with Crippen molar-refractivity contribution in [2.24, 2.45) is 14.1 Å². The summed E-state index contributed by atoms with van der Waals surface area (Å²) in [5.41, 5.74) is 14.5. The van der Waals surface area contributed by atoms with Gasteiger partial charge in [-0.1, -0.05) is 129 Å².